The molecule has 0 spiro atoms. The number of hydrogen-bond acceptors (Lipinski definition) is 5. The van der Waals surface area contributed by atoms with Crippen LogP contribution in [0.1, 0.15) is 29.5 Å². The fourth-order valence-electron chi connectivity index (χ4n) is 4.17. The maximum absolute atomic E-state index is 13.6. The van der Waals surface area contributed by atoms with Crippen molar-refractivity contribution < 1.29 is 17.9 Å². The quantitative estimate of drug-likeness (QED) is 0.441. The number of benzene rings is 3. The number of nitrogens with one attached hydrogen (secondary N) is 1. The fraction of sp³-hybridized carbons (Fsp3) is 0.286. The van der Waals surface area contributed by atoms with Gasteiger partial charge in [0, 0.05) is 12.2 Å². The lowest BCUT2D eigenvalue weighted by atomic mass is 9.98. The molecule has 0 heterocycles. The monoisotopic (exact) mass is 503 g/mol. The molecule has 186 valence electrons. The van der Waals surface area contributed by atoms with Crippen LogP contribution in [-0.2, 0) is 26.7 Å². The highest BCUT2D eigenvalue weighted by Crippen LogP contribution is 2.47. The van der Waals surface area contributed by atoms with Crippen molar-refractivity contribution in [3.05, 3.63) is 89.5 Å². The normalized spacial score (nSPS) is 14.2. The van der Waals surface area contributed by atoms with Crippen LogP contribution in [0, 0.1) is 18.3 Å². The molecule has 0 aliphatic heterocycles. The van der Waals surface area contributed by atoms with Crippen molar-refractivity contribution in [1.82, 2.24) is 4.31 Å². The van der Waals surface area contributed by atoms with E-state index in [2.05, 4.69) is 11.4 Å². The smallest absolute Gasteiger partial charge is 0.243 e. The van der Waals surface area contributed by atoms with E-state index in [-0.39, 0.29) is 18.0 Å². The minimum absolute atomic E-state index is 0.109. The zero-order chi connectivity index (χ0) is 25.8. The number of methoxy groups -OCH3 is 1. The summed E-state index contributed by atoms with van der Waals surface area (Å²) >= 11 is 0. The van der Waals surface area contributed by atoms with Crippen LogP contribution in [0.5, 0.6) is 5.75 Å². The largest absolute Gasteiger partial charge is 0.496 e. The highest BCUT2D eigenvalue weighted by Gasteiger charge is 2.44. The maximum Gasteiger partial charge on any atom is 0.243 e. The summed E-state index contributed by atoms with van der Waals surface area (Å²) in [6, 6.07) is 23.8. The summed E-state index contributed by atoms with van der Waals surface area (Å²) in [6.45, 7) is 1.60. The van der Waals surface area contributed by atoms with Crippen molar-refractivity contribution in [3.8, 4) is 11.8 Å². The number of carbonyl (C=O) groups excluding carboxylic acids is 1. The first-order chi connectivity index (χ1) is 17.3. The molecular formula is C28H29N3O4S. The molecule has 1 amide bonds. The number of anilines is 1. The van der Waals surface area contributed by atoms with Crippen molar-refractivity contribution in [2.75, 3.05) is 25.5 Å². The van der Waals surface area contributed by atoms with Gasteiger partial charge in [-0.15, -0.1) is 0 Å². The van der Waals surface area contributed by atoms with Gasteiger partial charge in [-0.05, 0) is 73.2 Å². The predicted molar refractivity (Wildman–Crippen MR) is 138 cm³/mol. The summed E-state index contributed by atoms with van der Waals surface area (Å²) in [5.74, 6) is 0.154. The van der Waals surface area contributed by atoms with Gasteiger partial charge in [-0.3, -0.25) is 4.79 Å². The topological polar surface area (TPSA) is 99.5 Å². The number of nitriles is 1. The van der Waals surface area contributed by atoms with E-state index in [0.29, 0.717) is 23.4 Å². The number of hydrogen-bond donors (Lipinski definition) is 1. The Morgan fingerprint density at radius 3 is 2.36 bits per heavy atom. The molecule has 0 aromatic heterocycles. The summed E-state index contributed by atoms with van der Waals surface area (Å²) in [6.07, 6.45) is 2.15. The molecule has 1 aliphatic carbocycles. The van der Waals surface area contributed by atoms with Gasteiger partial charge in [0.2, 0.25) is 15.9 Å². The van der Waals surface area contributed by atoms with E-state index < -0.39 is 21.3 Å². The van der Waals surface area contributed by atoms with Crippen molar-refractivity contribution in [1.29, 1.82) is 5.26 Å². The predicted octanol–water partition coefficient (Wildman–Crippen LogP) is 4.43. The van der Waals surface area contributed by atoms with Crippen LogP contribution in [0.2, 0.25) is 0 Å². The zero-order valence-corrected chi connectivity index (χ0v) is 21.2. The van der Waals surface area contributed by atoms with Crippen LogP contribution in [0.4, 0.5) is 5.69 Å². The number of ether oxygens (including phenoxy) is 1. The van der Waals surface area contributed by atoms with E-state index in [4.69, 9.17) is 4.74 Å². The minimum atomic E-state index is -3.95. The molecule has 3 aromatic carbocycles. The molecule has 0 atom stereocenters. The van der Waals surface area contributed by atoms with Crippen LogP contribution in [0.25, 0.3) is 0 Å². The molecule has 4 rings (SSSR count). The Morgan fingerprint density at radius 1 is 1.08 bits per heavy atom. The molecule has 0 radical (unpaired) electrons. The third-order valence-electron chi connectivity index (χ3n) is 6.50. The minimum Gasteiger partial charge on any atom is -0.496 e. The van der Waals surface area contributed by atoms with Crippen molar-refractivity contribution in [2.24, 2.45) is 0 Å². The van der Waals surface area contributed by atoms with Gasteiger partial charge >= 0.3 is 0 Å². The van der Waals surface area contributed by atoms with Crippen molar-refractivity contribution in [3.63, 3.8) is 0 Å². The number of rotatable bonds is 10. The lowest BCUT2D eigenvalue weighted by Crippen LogP contribution is -2.39. The first kappa shape index (κ1) is 25.4. The molecular weight excluding hydrogens is 474 g/mol. The number of nitrogens with zero attached hydrogens (tertiary/aromatic N) is 2. The van der Waals surface area contributed by atoms with Gasteiger partial charge < -0.3 is 10.1 Å². The molecule has 1 N–H and O–H groups in total. The van der Waals surface area contributed by atoms with Crippen LogP contribution in [-0.4, -0.2) is 38.8 Å². The number of carbonyl (C=O) groups is 1. The highest BCUT2D eigenvalue weighted by atomic mass is 32.2. The summed E-state index contributed by atoms with van der Waals surface area (Å²) in [5, 5.41) is 12.2. The van der Waals surface area contributed by atoms with Gasteiger partial charge in [-0.25, -0.2) is 8.42 Å². The molecule has 0 bridgehead atoms. The first-order valence-corrected chi connectivity index (χ1v) is 13.2. The van der Waals surface area contributed by atoms with Gasteiger partial charge in [-0.1, -0.05) is 42.5 Å². The van der Waals surface area contributed by atoms with Crippen molar-refractivity contribution >= 4 is 21.6 Å². The Kier molecular flexibility index (Phi) is 7.43. The lowest BCUT2D eigenvalue weighted by Gasteiger charge is -2.22. The average Bonchev–Trinajstić information content (AvgIpc) is 3.69. The lowest BCUT2D eigenvalue weighted by molar-refractivity contribution is -0.116. The number of aryl methyl sites for hydroxylation is 1. The van der Waals surface area contributed by atoms with Gasteiger partial charge in [-0.2, -0.15) is 9.57 Å². The molecule has 0 saturated heterocycles. The molecule has 7 nitrogen and oxygen atoms in total. The third kappa shape index (κ3) is 5.59. The van der Waals surface area contributed by atoms with Crippen LogP contribution < -0.4 is 10.1 Å². The van der Waals surface area contributed by atoms with Crippen LogP contribution in [0.3, 0.4) is 0 Å². The van der Waals surface area contributed by atoms with Gasteiger partial charge in [0.05, 0.1) is 30.0 Å². The average molecular weight is 504 g/mol. The Hall–Kier alpha value is -3.67. The van der Waals surface area contributed by atoms with Gasteiger partial charge in [0.25, 0.3) is 0 Å². The molecule has 1 saturated carbocycles. The van der Waals surface area contributed by atoms with Gasteiger partial charge in [0.1, 0.15) is 5.75 Å². The van der Waals surface area contributed by atoms with E-state index in [1.165, 1.54) is 17.5 Å². The first-order valence-electron chi connectivity index (χ1n) is 11.8. The Morgan fingerprint density at radius 2 is 1.78 bits per heavy atom. The SMILES string of the molecule is COc1ccc(S(=O)(=O)N(CCc2ccccc2)CC(=O)Nc2ccc(C3(C#N)CC3)cc2)cc1C. The van der Waals surface area contributed by atoms with Crippen LogP contribution >= 0.6 is 0 Å². The molecule has 1 fully saturated rings. The van der Waals surface area contributed by atoms with E-state index in [9.17, 15) is 18.5 Å². The summed E-state index contributed by atoms with van der Waals surface area (Å²) in [4.78, 5) is 13.0. The summed E-state index contributed by atoms with van der Waals surface area (Å²) in [7, 11) is -2.41. The molecule has 0 unspecified atom stereocenters. The zero-order valence-electron chi connectivity index (χ0n) is 20.4. The van der Waals surface area contributed by atoms with E-state index in [1.807, 2.05) is 42.5 Å². The second-order valence-electron chi connectivity index (χ2n) is 9.03. The second-order valence-corrected chi connectivity index (χ2v) is 11.0. The maximum atomic E-state index is 13.6. The molecule has 8 heteroatoms. The summed E-state index contributed by atoms with van der Waals surface area (Å²) in [5.41, 5.74) is 2.76. The van der Waals surface area contributed by atoms with E-state index in [0.717, 1.165) is 24.0 Å². The highest BCUT2D eigenvalue weighted by molar-refractivity contribution is 7.89. The third-order valence-corrected chi connectivity index (χ3v) is 8.34. The second kappa shape index (κ2) is 10.5. The van der Waals surface area contributed by atoms with E-state index in [1.54, 1.807) is 31.2 Å². The van der Waals surface area contributed by atoms with Gasteiger partial charge in [0.15, 0.2) is 0 Å². The Labute approximate surface area is 212 Å². The van der Waals surface area contributed by atoms with Crippen molar-refractivity contribution in [2.45, 2.75) is 36.5 Å². The fourth-order valence-corrected chi connectivity index (χ4v) is 5.65. The Bertz CT molecular complexity index is 1380. The number of sulfonamides is 1. The molecule has 3 aromatic rings. The van der Waals surface area contributed by atoms with Crippen LogP contribution in [0.15, 0.2) is 77.7 Å². The number of amides is 1. The van der Waals surface area contributed by atoms with E-state index >= 15 is 0 Å². The Balaban J connectivity index is 1.52. The summed E-state index contributed by atoms with van der Waals surface area (Å²) < 4.78 is 33.6. The standard InChI is InChI=1S/C28H29N3O4S/c1-21-18-25(12-13-26(21)35-2)36(33,34)31(17-14-22-6-4-3-5-7-22)19-27(32)30-24-10-8-23(9-11-24)28(20-29)15-16-28/h3-13,18H,14-17,19H2,1-2H3,(H,30,32). The molecule has 1 aliphatic rings. The molecule has 36 heavy (non-hydrogen) atoms.